The van der Waals surface area contributed by atoms with Crippen LogP contribution in [-0.4, -0.2) is 59.8 Å². The average Bonchev–Trinajstić information content (AvgIpc) is 2.85. The highest BCUT2D eigenvalue weighted by atomic mass is 32.2. The number of unbranched alkanes of at least 4 members (excludes halogenated alkanes) is 9. The maximum absolute atomic E-state index is 12.2. The van der Waals surface area contributed by atoms with E-state index < -0.39 is 40.2 Å². The fraction of sp³-hybridized carbons (Fsp3) is 1.00. The van der Waals surface area contributed by atoms with Crippen LogP contribution >= 0.6 is 0 Å². The van der Waals surface area contributed by atoms with Gasteiger partial charge < -0.3 is 20.1 Å². The molecular formula is C17H34O6S. The van der Waals surface area contributed by atoms with Crippen LogP contribution in [0.3, 0.4) is 0 Å². The molecule has 0 aromatic rings. The lowest BCUT2D eigenvalue weighted by Crippen LogP contribution is -2.37. The van der Waals surface area contributed by atoms with Crippen LogP contribution in [0, 0.1) is 0 Å². The van der Waals surface area contributed by atoms with Gasteiger partial charge in [0.1, 0.15) is 18.3 Å². The number of sulfone groups is 1. The minimum Gasteiger partial charge on any atom is -0.394 e. The molecule has 24 heavy (non-hydrogen) atoms. The highest BCUT2D eigenvalue weighted by Crippen LogP contribution is 2.26. The zero-order chi connectivity index (χ0) is 18.0. The molecule has 1 aliphatic heterocycles. The summed E-state index contributed by atoms with van der Waals surface area (Å²) in [6.45, 7) is 1.69. The van der Waals surface area contributed by atoms with Crippen molar-refractivity contribution in [1.29, 1.82) is 0 Å². The molecule has 1 rings (SSSR count). The Morgan fingerprint density at radius 3 is 1.79 bits per heavy atom. The second-order valence-corrected chi connectivity index (χ2v) is 8.95. The van der Waals surface area contributed by atoms with Gasteiger partial charge in [0.2, 0.25) is 0 Å². The van der Waals surface area contributed by atoms with Crippen molar-refractivity contribution in [1.82, 2.24) is 0 Å². The van der Waals surface area contributed by atoms with E-state index in [1.807, 2.05) is 0 Å². The summed E-state index contributed by atoms with van der Waals surface area (Å²) in [4.78, 5) is 0. The summed E-state index contributed by atoms with van der Waals surface area (Å²) >= 11 is 0. The number of rotatable bonds is 13. The van der Waals surface area contributed by atoms with Gasteiger partial charge >= 0.3 is 0 Å². The molecule has 0 radical (unpaired) electrons. The Balaban J connectivity index is 2.16. The zero-order valence-electron chi connectivity index (χ0n) is 14.8. The molecule has 7 heteroatoms. The zero-order valence-corrected chi connectivity index (χ0v) is 15.6. The van der Waals surface area contributed by atoms with Gasteiger partial charge in [-0.2, -0.15) is 0 Å². The molecule has 0 unspecified atom stereocenters. The van der Waals surface area contributed by atoms with Gasteiger partial charge in [0, 0.05) is 0 Å². The monoisotopic (exact) mass is 366 g/mol. The Bertz CT molecular complexity index is 425. The molecule has 0 aromatic heterocycles. The van der Waals surface area contributed by atoms with E-state index >= 15 is 0 Å². The Kier molecular flexibility index (Phi) is 10.4. The first-order valence-corrected chi connectivity index (χ1v) is 11.0. The third-order valence-electron chi connectivity index (χ3n) is 4.63. The van der Waals surface area contributed by atoms with E-state index in [9.17, 15) is 18.6 Å². The summed E-state index contributed by atoms with van der Waals surface area (Å²) in [6.07, 6.45) is 7.22. The molecule has 0 aromatic carbocycles. The first-order chi connectivity index (χ1) is 11.4. The summed E-state index contributed by atoms with van der Waals surface area (Å²) in [5.41, 5.74) is -1.43. The van der Waals surface area contributed by atoms with Crippen molar-refractivity contribution in [3.05, 3.63) is 0 Å². The summed E-state index contributed by atoms with van der Waals surface area (Å²) in [7, 11) is -3.64. The smallest absolute Gasteiger partial charge is 0.187 e. The number of aliphatic hydroxyl groups excluding tert-OH is 3. The molecule has 1 aliphatic rings. The van der Waals surface area contributed by atoms with Crippen molar-refractivity contribution < 1.29 is 28.5 Å². The Hall–Kier alpha value is -0.210. The highest BCUT2D eigenvalue weighted by Gasteiger charge is 2.48. The molecule has 0 spiro atoms. The first-order valence-electron chi connectivity index (χ1n) is 9.28. The Morgan fingerprint density at radius 1 is 0.833 bits per heavy atom. The lowest BCUT2D eigenvalue weighted by Gasteiger charge is -2.15. The standard InChI is InChI=1S/C17H34O6S/c1-2-3-4-5-6-7-8-9-10-11-12-24(21,22)17-16(20)15(19)14(13-18)23-17/h14-20H,2-13H2,1H3/t14-,15-,16+,17+/m1/s1. The second-order valence-electron chi connectivity index (χ2n) is 6.76. The molecule has 0 saturated carbocycles. The topological polar surface area (TPSA) is 104 Å². The van der Waals surface area contributed by atoms with E-state index in [0.717, 1.165) is 19.3 Å². The van der Waals surface area contributed by atoms with E-state index in [4.69, 9.17) is 9.84 Å². The highest BCUT2D eigenvalue weighted by molar-refractivity contribution is 7.91. The normalized spacial score (nSPS) is 27.7. The lowest BCUT2D eigenvalue weighted by atomic mass is 10.1. The molecule has 0 amide bonds. The third-order valence-corrected chi connectivity index (χ3v) is 6.59. The molecule has 6 nitrogen and oxygen atoms in total. The van der Waals surface area contributed by atoms with Gasteiger partial charge in [-0.1, -0.05) is 64.7 Å². The first kappa shape index (κ1) is 21.8. The van der Waals surface area contributed by atoms with Crippen LogP contribution in [0.1, 0.15) is 71.1 Å². The van der Waals surface area contributed by atoms with Gasteiger partial charge in [-0.15, -0.1) is 0 Å². The molecule has 1 fully saturated rings. The van der Waals surface area contributed by atoms with Gasteiger partial charge in [0.25, 0.3) is 0 Å². The van der Waals surface area contributed by atoms with Crippen LogP contribution in [-0.2, 0) is 14.6 Å². The van der Waals surface area contributed by atoms with Gasteiger partial charge in [-0.3, -0.25) is 0 Å². The molecule has 0 bridgehead atoms. The maximum atomic E-state index is 12.2. The van der Waals surface area contributed by atoms with Crippen LogP contribution < -0.4 is 0 Å². The molecule has 1 heterocycles. The fourth-order valence-corrected chi connectivity index (χ4v) is 4.81. The maximum Gasteiger partial charge on any atom is 0.187 e. The molecule has 3 N–H and O–H groups in total. The van der Waals surface area contributed by atoms with E-state index in [0.29, 0.717) is 6.42 Å². The van der Waals surface area contributed by atoms with Crippen molar-refractivity contribution in [2.75, 3.05) is 12.4 Å². The van der Waals surface area contributed by atoms with Gasteiger partial charge in [0.05, 0.1) is 12.4 Å². The lowest BCUT2D eigenvalue weighted by molar-refractivity contribution is -0.00880. The Morgan fingerprint density at radius 2 is 1.33 bits per heavy atom. The number of ether oxygens (including phenoxy) is 1. The molecular weight excluding hydrogens is 332 g/mol. The van der Waals surface area contributed by atoms with E-state index in [2.05, 4.69) is 6.92 Å². The fourth-order valence-electron chi connectivity index (χ4n) is 3.07. The summed E-state index contributed by atoms with van der Waals surface area (Å²) in [5, 5.41) is 28.4. The number of hydrogen-bond acceptors (Lipinski definition) is 6. The SMILES string of the molecule is CCCCCCCCCCCCS(=O)(=O)[C@@H]1O[C@H](CO)[C@@H](O)[C@@H]1O. The van der Waals surface area contributed by atoms with Crippen molar-refractivity contribution >= 4 is 9.84 Å². The predicted octanol–water partition coefficient (Wildman–Crippen LogP) is 1.76. The van der Waals surface area contributed by atoms with Crippen molar-refractivity contribution in [3.8, 4) is 0 Å². The summed E-state index contributed by atoms with van der Waals surface area (Å²) in [5.74, 6) is -0.0594. The average molecular weight is 367 g/mol. The minimum atomic E-state index is -3.64. The van der Waals surface area contributed by atoms with Gasteiger partial charge in [-0.25, -0.2) is 8.42 Å². The van der Waals surface area contributed by atoms with E-state index in [1.54, 1.807) is 0 Å². The number of aliphatic hydroxyl groups is 3. The van der Waals surface area contributed by atoms with Gasteiger partial charge in [-0.05, 0) is 6.42 Å². The van der Waals surface area contributed by atoms with Crippen LogP contribution in [0.5, 0.6) is 0 Å². The predicted molar refractivity (Wildman–Crippen MR) is 93.4 cm³/mol. The van der Waals surface area contributed by atoms with Crippen LogP contribution in [0.2, 0.25) is 0 Å². The minimum absolute atomic E-state index is 0.0594. The van der Waals surface area contributed by atoms with E-state index in [1.165, 1.54) is 38.5 Å². The van der Waals surface area contributed by atoms with Crippen LogP contribution in [0.4, 0.5) is 0 Å². The van der Waals surface area contributed by atoms with E-state index in [-0.39, 0.29) is 5.75 Å². The Labute approximate surface area is 146 Å². The van der Waals surface area contributed by atoms with Crippen LogP contribution in [0.15, 0.2) is 0 Å². The van der Waals surface area contributed by atoms with Crippen molar-refractivity contribution in [2.45, 2.75) is 94.9 Å². The van der Waals surface area contributed by atoms with Crippen LogP contribution in [0.25, 0.3) is 0 Å². The molecule has 144 valence electrons. The third kappa shape index (κ3) is 6.96. The quantitative estimate of drug-likeness (QED) is 0.429. The van der Waals surface area contributed by atoms with Crippen molar-refractivity contribution in [2.24, 2.45) is 0 Å². The largest absolute Gasteiger partial charge is 0.394 e. The summed E-state index contributed by atoms with van der Waals surface area (Å²) in [6, 6.07) is 0. The summed E-state index contributed by atoms with van der Waals surface area (Å²) < 4.78 is 29.5. The van der Waals surface area contributed by atoms with Gasteiger partial charge in [0.15, 0.2) is 15.3 Å². The molecule has 1 saturated heterocycles. The molecule has 0 aliphatic carbocycles. The van der Waals surface area contributed by atoms with Crippen molar-refractivity contribution in [3.63, 3.8) is 0 Å². The number of hydrogen-bond donors (Lipinski definition) is 3. The molecule has 4 atom stereocenters. The second kappa shape index (κ2) is 11.4.